The van der Waals surface area contributed by atoms with Crippen molar-refractivity contribution in [3.8, 4) is 5.69 Å². The first-order valence-corrected chi connectivity index (χ1v) is 7.92. The molecule has 2 aromatic heterocycles. The van der Waals surface area contributed by atoms with Gasteiger partial charge in [0, 0.05) is 0 Å². The van der Waals surface area contributed by atoms with Crippen molar-refractivity contribution in [3.05, 3.63) is 46.9 Å². The molecule has 3 heterocycles. The zero-order chi connectivity index (χ0) is 15.6. The van der Waals surface area contributed by atoms with Gasteiger partial charge in [-0.3, -0.25) is 9.69 Å². The zero-order valence-corrected chi connectivity index (χ0v) is 12.8. The predicted molar refractivity (Wildman–Crippen MR) is 86.3 cm³/mol. The van der Waals surface area contributed by atoms with E-state index in [9.17, 15) is 4.79 Å². The molecule has 1 aromatic carbocycles. The molecule has 23 heavy (non-hydrogen) atoms. The normalized spacial score (nSPS) is 16.0. The second-order valence-corrected chi connectivity index (χ2v) is 5.84. The van der Waals surface area contributed by atoms with Gasteiger partial charge in [0.2, 0.25) is 0 Å². The summed E-state index contributed by atoms with van der Waals surface area (Å²) in [4.78, 5) is 14.9. The SMILES string of the molecule is O=c1c2cnn(-c3ccccc3)c2nnn1CN1CCCCC1. The summed E-state index contributed by atoms with van der Waals surface area (Å²) in [6, 6.07) is 9.63. The molecule has 7 heteroatoms. The lowest BCUT2D eigenvalue weighted by Crippen LogP contribution is -2.37. The van der Waals surface area contributed by atoms with Gasteiger partial charge in [-0.25, -0.2) is 4.68 Å². The maximum atomic E-state index is 12.6. The molecule has 0 saturated carbocycles. The van der Waals surface area contributed by atoms with E-state index in [0.29, 0.717) is 17.7 Å². The van der Waals surface area contributed by atoms with E-state index in [1.165, 1.54) is 23.9 Å². The summed E-state index contributed by atoms with van der Waals surface area (Å²) in [5.41, 5.74) is 1.23. The number of fused-ring (bicyclic) bond motifs is 1. The van der Waals surface area contributed by atoms with Crippen LogP contribution < -0.4 is 5.56 Å². The van der Waals surface area contributed by atoms with E-state index in [-0.39, 0.29) is 5.56 Å². The van der Waals surface area contributed by atoms with Crippen LogP contribution in [-0.4, -0.2) is 42.8 Å². The van der Waals surface area contributed by atoms with Gasteiger partial charge >= 0.3 is 0 Å². The average molecular weight is 310 g/mol. The number of hydrogen-bond donors (Lipinski definition) is 0. The number of piperidine rings is 1. The molecule has 7 nitrogen and oxygen atoms in total. The van der Waals surface area contributed by atoms with Crippen molar-refractivity contribution in [2.45, 2.75) is 25.9 Å². The Kier molecular flexibility index (Phi) is 3.63. The molecule has 0 amide bonds. The lowest BCUT2D eigenvalue weighted by molar-refractivity contribution is 0.167. The van der Waals surface area contributed by atoms with Crippen LogP contribution in [0.25, 0.3) is 16.7 Å². The van der Waals surface area contributed by atoms with Gasteiger partial charge in [-0.05, 0) is 38.1 Å². The van der Waals surface area contributed by atoms with Crippen LogP contribution in [0.1, 0.15) is 19.3 Å². The van der Waals surface area contributed by atoms with Crippen LogP contribution in [0.15, 0.2) is 41.3 Å². The van der Waals surface area contributed by atoms with Gasteiger partial charge in [0.25, 0.3) is 5.56 Å². The fourth-order valence-corrected chi connectivity index (χ4v) is 3.01. The quantitative estimate of drug-likeness (QED) is 0.732. The van der Waals surface area contributed by atoms with E-state index < -0.39 is 0 Å². The van der Waals surface area contributed by atoms with Crippen molar-refractivity contribution in [3.63, 3.8) is 0 Å². The van der Waals surface area contributed by atoms with Gasteiger partial charge < -0.3 is 0 Å². The molecule has 118 valence electrons. The number of hydrogen-bond acceptors (Lipinski definition) is 5. The number of aromatic nitrogens is 5. The third kappa shape index (κ3) is 2.63. The average Bonchev–Trinajstić information content (AvgIpc) is 3.04. The summed E-state index contributed by atoms with van der Waals surface area (Å²) in [5.74, 6) is 0. The molecule has 1 aliphatic rings. The van der Waals surface area contributed by atoms with Crippen molar-refractivity contribution < 1.29 is 0 Å². The fourth-order valence-electron chi connectivity index (χ4n) is 3.01. The van der Waals surface area contributed by atoms with Crippen molar-refractivity contribution in [1.82, 2.24) is 29.7 Å². The molecule has 0 radical (unpaired) electrons. The van der Waals surface area contributed by atoms with E-state index in [1.807, 2.05) is 30.3 Å². The highest BCUT2D eigenvalue weighted by Crippen LogP contribution is 2.13. The Morgan fingerprint density at radius 1 is 1.04 bits per heavy atom. The van der Waals surface area contributed by atoms with Gasteiger partial charge in [-0.1, -0.05) is 29.8 Å². The van der Waals surface area contributed by atoms with Crippen LogP contribution in [0.4, 0.5) is 0 Å². The second-order valence-electron chi connectivity index (χ2n) is 5.84. The standard InChI is InChI=1S/C16H18N6O/c23-16-14-11-17-22(13-7-3-1-4-8-13)15(14)18-19-21(16)12-20-9-5-2-6-10-20/h1,3-4,7-8,11H,2,5-6,9-10,12H2. The zero-order valence-electron chi connectivity index (χ0n) is 12.8. The monoisotopic (exact) mass is 310 g/mol. The lowest BCUT2D eigenvalue weighted by Gasteiger charge is -2.25. The van der Waals surface area contributed by atoms with Crippen molar-refractivity contribution in [2.75, 3.05) is 13.1 Å². The van der Waals surface area contributed by atoms with E-state index in [0.717, 1.165) is 18.8 Å². The summed E-state index contributed by atoms with van der Waals surface area (Å²) in [5, 5.41) is 13.1. The molecular weight excluding hydrogens is 292 g/mol. The molecule has 1 saturated heterocycles. The number of nitrogens with zero attached hydrogens (tertiary/aromatic N) is 6. The first kappa shape index (κ1) is 14.1. The van der Waals surface area contributed by atoms with Crippen molar-refractivity contribution in [2.24, 2.45) is 0 Å². The molecule has 1 fully saturated rings. The molecular formula is C16H18N6O. The van der Waals surface area contributed by atoms with Crippen molar-refractivity contribution in [1.29, 1.82) is 0 Å². The highest BCUT2D eigenvalue weighted by Gasteiger charge is 2.15. The maximum Gasteiger partial charge on any atom is 0.282 e. The van der Waals surface area contributed by atoms with Crippen LogP contribution in [0.5, 0.6) is 0 Å². The highest BCUT2D eigenvalue weighted by molar-refractivity contribution is 5.74. The first-order valence-electron chi connectivity index (χ1n) is 7.92. The number of benzene rings is 1. The van der Waals surface area contributed by atoms with Crippen LogP contribution in [0, 0.1) is 0 Å². The predicted octanol–water partition coefficient (Wildman–Crippen LogP) is 1.42. The molecule has 1 aliphatic heterocycles. The smallest absolute Gasteiger partial charge is 0.282 e. The molecule has 0 unspecified atom stereocenters. The molecule has 4 rings (SSSR count). The molecule has 0 N–H and O–H groups in total. The van der Waals surface area contributed by atoms with Crippen LogP contribution in [0.2, 0.25) is 0 Å². The van der Waals surface area contributed by atoms with Crippen LogP contribution >= 0.6 is 0 Å². The summed E-state index contributed by atoms with van der Waals surface area (Å²) < 4.78 is 3.08. The molecule has 0 bridgehead atoms. The molecule has 3 aromatic rings. The van der Waals surface area contributed by atoms with Gasteiger partial charge in [0.05, 0.1) is 18.6 Å². The lowest BCUT2D eigenvalue weighted by atomic mass is 10.1. The van der Waals surface area contributed by atoms with Crippen LogP contribution in [-0.2, 0) is 6.67 Å². The van der Waals surface area contributed by atoms with Crippen LogP contribution in [0.3, 0.4) is 0 Å². The van der Waals surface area contributed by atoms with Gasteiger partial charge in [0.1, 0.15) is 5.39 Å². The molecule has 0 aliphatic carbocycles. The van der Waals surface area contributed by atoms with E-state index >= 15 is 0 Å². The first-order chi connectivity index (χ1) is 11.3. The van der Waals surface area contributed by atoms with Gasteiger partial charge in [0.15, 0.2) is 5.65 Å². The summed E-state index contributed by atoms with van der Waals surface area (Å²) in [7, 11) is 0. The molecule has 0 atom stereocenters. The highest BCUT2D eigenvalue weighted by atomic mass is 16.1. The Morgan fingerprint density at radius 2 is 1.83 bits per heavy atom. The fraction of sp³-hybridized carbons (Fsp3) is 0.375. The summed E-state index contributed by atoms with van der Waals surface area (Å²) in [6.45, 7) is 2.52. The third-order valence-corrected chi connectivity index (χ3v) is 4.24. The summed E-state index contributed by atoms with van der Waals surface area (Å²) >= 11 is 0. The van der Waals surface area contributed by atoms with Gasteiger partial charge in [-0.15, -0.1) is 5.10 Å². The topological polar surface area (TPSA) is 68.8 Å². The number of para-hydroxylation sites is 1. The maximum absolute atomic E-state index is 12.6. The minimum atomic E-state index is -0.136. The van der Waals surface area contributed by atoms with Gasteiger partial charge in [-0.2, -0.15) is 9.78 Å². The van der Waals surface area contributed by atoms with E-state index in [2.05, 4.69) is 20.3 Å². The largest absolute Gasteiger partial charge is 0.284 e. The number of likely N-dealkylation sites (tertiary alicyclic amines) is 1. The Hall–Kier alpha value is -2.54. The molecule has 0 spiro atoms. The Labute approximate surface area is 133 Å². The summed E-state index contributed by atoms with van der Waals surface area (Å²) in [6.07, 6.45) is 5.19. The number of rotatable bonds is 3. The Balaban J connectivity index is 1.71. The minimum Gasteiger partial charge on any atom is -0.284 e. The Morgan fingerprint density at radius 3 is 2.61 bits per heavy atom. The van der Waals surface area contributed by atoms with E-state index in [1.54, 1.807) is 10.9 Å². The Bertz CT molecular complexity index is 863. The third-order valence-electron chi connectivity index (χ3n) is 4.24. The second kappa shape index (κ2) is 5.92. The van der Waals surface area contributed by atoms with Crippen molar-refractivity contribution >= 4 is 11.0 Å². The van der Waals surface area contributed by atoms with E-state index in [4.69, 9.17) is 0 Å². The minimum absolute atomic E-state index is 0.136.